The summed E-state index contributed by atoms with van der Waals surface area (Å²) in [5.41, 5.74) is 5.35. The number of carbonyl (C=O) groups is 1. The number of hydrogen-bond acceptors (Lipinski definition) is 8. The predicted molar refractivity (Wildman–Crippen MR) is 163 cm³/mol. The fraction of sp³-hybridized carbons (Fsp3) is 0.406. The fourth-order valence-corrected chi connectivity index (χ4v) is 5.47. The minimum absolute atomic E-state index is 0.00901. The summed E-state index contributed by atoms with van der Waals surface area (Å²) in [6, 6.07) is 14.3. The highest BCUT2D eigenvalue weighted by Gasteiger charge is 2.17. The van der Waals surface area contributed by atoms with Crippen LogP contribution in [0.3, 0.4) is 0 Å². The number of anilines is 1. The summed E-state index contributed by atoms with van der Waals surface area (Å²) in [7, 11) is 0. The van der Waals surface area contributed by atoms with Gasteiger partial charge >= 0.3 is 5.63 Å². The Hall–Kier alpha value is -3.95. The molecule has 4 aromatic rings. The second-order valence-electron chi connectivity index (χ2n) is 10.6. The summed E-state index contributed by atoms with van der Waals surface area (Å²) < 4.78 is 5.12. The van der Waals surface area contributed by atoms with Gasteiger partial charge in [0.05, 0.1) is 11.9 Å². The second-order valence-corrected chi connectivity index (χ2v) is 10.6. The number of nitrogens with zero attached hydrogens (tertiary/aromatic N) is 1. The Morgan fingerprint density at radius 3 is 2.51 bits per heavy atom. The van der Waals surface area contributed by atoms with Crippen molar-refractivity contribution in [2.75, 3.05) is 44.6 Å². The highest BCUT2D eigenvalue weighted by molar-refractivity contribution is 5.93. The van der Waals surface area contributed by atoms with E-state index in [1.54, 1.807) is 6.07 Å². The van der Waals surface area contributed by atoms with Gasteiger partial charge in [-0.1, -0.05) is 18.2 Å². The molecule has 0 atom stereocenters. The van der Waals surface area contributed by atoms with Gasteiger partial charge in [0, 0.05) is 60.5 Å². The number of carbonyl (C=O) groups excluding carboxylic acids is 1. The van der Waals surface area contributed by atoms with E-state index in [1.807, 2.05) is 0 Å². The maximum atomic E-state index is 12.4. The van der Waals surface area contributed by atoms with E-state index >= 15 is 0 Å². The topological polar surface area (TPSA) is 129 Å². The zero-order valence-electron chi connectivity index (χ0n) is 23.4. The molecule has 2 heterocycles. The summed E-state index contributed by atoms with van der Waals surface area (Å²) in [4.78, 5) is 29.1. The molecular weight excluding hydrogens is 518 g/mol. The maximum Gasteiger partial charge on any atom is 0.336 e. The van der Waals surface area contributed by atoms with Gasteiger partial charge in [-0.25, -0.2) is 4.79 Å². The molecular formula is C32H39N5O4. The van der Waals surface area contributed by atoms with Gasteiger partial charge in [-0.05, 0) is 80.9 Å². The third kappa shape index (κ3) is 7.62. The van der Waals surface area contributed by atoms with Gasteiger partial charge in [-0.2, -0.15) is 0 Å². The summed E-state index contributed by atoms with van der Waals surface area (Å²) in [6.07, 6.45) is 6.58. The van der Waals surface area contributed by atoms with Crippen molar-refractivity contribution in [2.45, 2.75) is 44.9 Å². The van der Waals surface area contributed by atoms with Crippen LogP contribution in [0, 0.1) is 0 Å². The first-order chi connectivity index (χ1) is 20.1. The normalized spacial score (nSPS) is 12.9. The standard InChI is InChI=1S/C32H39N5O4/c38-23-11-12-24-22(20-31(40)41-29(24)21-23)19-30(39)35-15-5-13-33-17-18-34-14-6-16-36-32-25-7-1-3-9-27(25)37-28-10-4-2-8-26(28)32/h1,3,7,9,11-12,20-21,33-34,38H,2,4-6,8,10,13-19H2,(H,35,39)(H,36,37). The molecule has 9 heteroatoms. The van der Waals surface area contributed by atoms with Crippen LogP contribution in [0.25, 0.3) is 21.9 Å². The Labute approximate surface area is 239 Å². The number of aromatic hydroxyl groups is 1. The molecule has 2 aromatic carbocycles. The Morgan fingerprint density at radius 1 is 0.878 bits per heavy atom. The van der Waals surface area contributed by atoms with Gasteiger partial charge in [0.2, 0.25) is 5.91 Å². The van der Waals surface area contributed by atoms with E-state index in [4.69, 9.17) is 9.40 Å². The third-order valence-electron chi connectivity index (χ3n) is 7.50. The molecule has 9 nitrogen and oxygen atoms in total. The molecule has 0 radical (unpaired) electrons. The number of para-hydroxylation sites is 1. The number of aryl methyl sites for hydroxylation is 1. The van der Waals surface area contributed by atoms with Crippen molar-refractivity contribution in [3.05, 3.63) is 75.8 Å². The lowest BCUT2D eigenvalue weighted by atomic mass is 9.92. The summed E-state index contributed by atoms with van der Waals surface area (Å²) in [6.45, 7) is 4.98. The van der Waals surface area contributed by atoms with Crippen LogP contribution >= 0.6 is 0 Å². The largest absolute Gasteiger partial charge is 0.508 e. The van der Waals surface area contributed by atoms with Gasteiger partial charge in [0.25, 0.3) is 0 Å². The third-order valence-corrected chi connectivity index (χ3v) is 7.50. The molecule has 0 spiro atoms. The average molecular weight is 558 g/mol. The number of amides is 1. The Morgan fingerprint density at radius 2 is 1.66 bits per heavy atom. The average Bonchev–Trinajstić information content (AvgIpc) is 2.96. The first-order valence-corrected chi connectivity index (χ1v) is 14.7. The van der Waals surface area contributed by atoms with Crippen LogP contribution in [0.5, 0.6) is 5.75 Å². The minimum atomic E-state index is -0.541. The van der Waals surface area contributed by atoms with Crippen LogP contribution in [-0.2, 0) is 24.1 Å². The van der Waals surface area contributed by atoms with Gasteiger partial charge in [-0.3, -0.25) is 9.78 Å². The van der Waals surface area contributed by atoms with Crippen molar-refractivity contribution in [1.29, 1.82) is 0 Å². The number of phenols is 1. The van der Waals surface area contributed by atoms with E-state index in [0.29, 0.717) is 17.5 Å². The zero-order valence-corrected chi connectivity index (χ0v) is 23.4. The number of fused-ring (bicyclic) bond motifs is 3. The van der Waals surface area contributed by atoms with E-state index < -0.39 is 5.63 Å². The van der Waals surface area contributed by atoms with Crippen LogP contribution in [0.2, 0.25) is 0 Å². The number of pyridine rings is 1. The van der Waals surface area contributed by atoms with Crippen LogP contribution in [0.1, 0.15) is 42.5 Å². The summed E-state index contributed by atoms with van der Waals surface area (Å²) in [5, 5.41) is 25.0. The van der Waals surface area contributed by atoms with Crippen molar-refractivity contribution in [2.24, 2.45) is 0 Å². The van der Waals surface area contributed by atoms with Crippen LogP contribution in [0.15, 0.2) is 57.7 Å². The molecule has 0 fully saturated rings. The number of nitrogens with one attached hydrogen (secondary N) is 4. The molecule has 2 aromatic heterocycles. The van der Waals surface area contributed by atoms with E-state index in [-0.39, 0.29) is 23.7 Å². The van der Waals surface area contributed by atoms with Crippen molar-refractivity contribution < 1.29 is 14.3 Å². The second kappa shape index (κ2) is 14.1. The van der Waals surface area contributed by atoms with Crippen LogP contribution in [-0.4, -0.2) is 55.3 Å². The van der Waals surface area contributed by atoms with Crippen molar-refractivity contribution in [1.82, 2.24) is 20.9 Å². The first kappa shape index (κ1) is 28.6. The highest BCUT2D eigenvalue weighted by atomic mass is 16.4. The van der Waals surface area contributed by atoms with E-state index in [2.05, 4.69) is 45.5 Å². The Balaban J connectivity index is 0.933. The minimum Gasteiger partial charge on any atom is -0.508 e. The van der Waals surface area contributed by atoms with Crippen LogP contribution in [0.4, 0.5) is 5.69 Å². The molecule has 216 valence electrons. The molecule has 1 aliphatic carbocycles. The molecule has 1 amide bonds. The molecule has 0 unspecified atom stereocenters. The van der Waals surface area contributed by atoms with Crippen molar-refractivity contribution in [3.63, 3.8) is 0 Å². The molecule has 41 heavy (non-hydrogen) atoms. The Kier molecular flexibility index (Phi) is 9.82. The monoisotopic (exact) mass is 557 g/mol. The number of benzene rings is 2. The quantitative estimate of drug-likeness (QED) is 0.117. The SMILES string of the molecule is O=C(Cc1cc(=O)oc2cc(O)ccc12)NCCCNCCNCCCNc1c2c(nc3ccccc13)CCCC2. The van der Waals surface area contributed by atoms with E-state index in [0.717, 1.165) is 63.9 Å². The number of rotatable bonds is 14. The molecule has 5 N–H and O–H groups in total. The van der Waals surface area contributed by atoms with E-state index in [1.165, 1.54) is 53.4 Å². The Bertz CT molecular complexity index is 1550. The van der Waals surface area contributed by atoms with Gasteiger partial charge in [0.15, 0.2) is 0 Å². The van der Waals surface area contributed by atoms with Gasteiger partial charge < -0.3 is 30.8 Å². The summed E-state index contributed by atoms with van der Waals surface area (Å²) in [5.74, 6) is -0.143. The maximum absolute atomic E-state index is 12.4. The van der Waals surface area contributed by atoms with Crippen molar-refractivity contribution in [3.8, 4) is 5.75 Å². The van der Waals surface area contributed by atoms with Crippen molar-refractivity contribution >= 4 is 33.5 Å². The number of phenolic OH excluding ortho intramolecular Hbond substituents is 1. The number of hydrogen-bond donors (Lipinski definition) is 5. The number of aromatic nitrogens is 1. The summed E-state index contributed by atoms with van der Waals surface area (Å²) >= 11 is 0. The first-order valence-electron chi connectivity index (χ1n) is 14.7. The molecule has 0 saturated heterocycles. The molecule has 0 aliphatic heterocycles. The zero-order chi connectivity index (χ0) is 28.4. The molecule has 0 saturated carbocycles. The smallest absolute Gasteiger partial charge is 0.336 e. The lowest BCUT2D eigenvalue weighted by molar-refractivity contribution is -0.120. The predicted octanol–water partition coefficient (Wildman–Crippen LogP) is 3.66. The lowest BCUT2D eigenvalue weighted by Crippen LogP contribution is -2.32. The van der Waals surface area contributed by atoms with Crippen LogP contribution < -0.4 is 26.9 Å². The van der Waals surface area contributed by atoms with Gasteiger partial charge in [-0.15, -0.1) is 0 Å². The highest BCUT2D eigenvalue weighted by Crippen LogP contribution is 2.33. The lowest BCUT2D eigenvalue weighted by Gasteiger charge is -2.21. The van der Waals surface area contributed by atoms with Gasteiger partial charge in [0.1, 0.15) is 11.3 Å². The molecule has 0 bridgehead atoms. The fourth-order valence-electron chi connectivity index (χ4n) is 5.47. The van der Waals surface area contributed by atoms with E-state index in [9.17, 15) is 14.7 Å². The molecule has 1 aliphatic rings. The molecule has 5 rings (SSSR count).